The first kappa shape index (κ1) is 18.2. The number of piperazine rings is 1. The molecular formula is C18H29FN2O2. The van der Waals surface area contributed by atoms with Gasteiger partial charge in [-0.15, -0.1) is 0 Å². The highest BCUT2D eigenvalue weighted by molar-refractivity contribution is 5.21. The minimum Gasteiger partial charge on any atom is -0.494 e. The molecule has 1 aliphatic rings. The largest absolute Gasteiger partial charge is 0.494 e. The molecule has 0 saturated carbocycles. The molecule has 1 heterocycles. The first-order chi connectivity index (χ1) is 11.2. The Kier molecular flexibility index (Phi) is 7.79. The molecule has 2 rings (SSSR count). The van der Waals surface area contributed by atoms with Crippen LogP contribution in [-0.2, 0) is 4.74 Å². The van der Waals surface area contributed by atoms with Crippen LogP contribution in [0.4, 0.5) is 4.39 Å². The summed E-state index contributed by atoms with van der Waals surface area (Å²) in [4.78, 5) is 5.00. The van der Waals surface area contributed by atoms with E-state index in [1.54, 1.807) is 12.1 Å². The maximum atomic E-state index is 12.8. The molecule has 5 heteroatoms. The van der Waals surface area contributed by atoms with Gasteiger partial charge in [-0.3, -0.25) is 4.90 Å². The van der Waals surface area contributed by atoms with Gasteiger partial charge in [0.05, 0.1) is 13.2 Å². The van der Waals surface area contributed by atoms with Crippen molar-refractivity contribution in [3.05, 3.63) is 30.1 Å². The molecule has 0 aromatic heterocycles. The van der Waals surface area contributed by atoms with Crippen LogP contribution in [0.5, 0.6) is 5.75 Å². The molecule has 0 N–H and O–H groups in total. The lowest BCUT2D eigenvalue weighted by molar-refractivity contribution is 0.0477. The third-order valence-electron chi connectivity index (χ3n) is 4.28. The van der Waals surface area contributed by atoms with E-state index in [9.17, 15) is 4.39 Å². The molecule has 0 unspecified atom stereocenters. The smallest absolute Gasteiger partial charge is 0.123 e. The van der Waals surface area contributed by atoms with E-state index < -0.39 is 0 Å². The molecule has 130 valence electrons. The van der Waals surface area contributed by atoms with Crippen LogP contribution in [0.2, 0.25) is 0 Å². The Balaban J connectivity index is 1.59. The van der Waals surface area contributed by atoms with Crippen molar-refractivity contribution in [2.45, 2.75) is 26.3 Å². The normalized spacial score (nSPS) is 19.9. The van der Waals surface area contributed by atoms with Crippen molar-refractivity contribution < 1.29 is 13.9 Å². The first-order valence-corrected chi connectivity index (χ1v) is 8.61. The van der Waals surface area contributed by atoms with Crippen molar-refractivity contribution in [2.24, 2.45) is 0 Å². The first-order valence-electron chi connectivity index (χ1n) is 8.61. The highest BCUT2D eigenvalue weighted by Gasteiger charge is 2.22. The van der Waals surface area contributed by atoms with Crippen LogP contribution in [0.15, 0.2) is 24.3 Å². The molecule has 0 amide bonds. The quantitative estimate of drug-likeness (QED) is 0.652. The Morgan fingerprint density at radius 2 is 1.91 bits per heavy atom. The van der Waals surface area contributed by atoms with Crippen LogP contribution >= 0.6 is 0 Å². The topological polar surface area (TPSA) is 24.9 Å². The summed E-state index contributed by atoms with van der Waals surface area (Å²) in [5.74, 6) is 0.508. The maximum Gasteiger partial charge on any atom is 0.123 e. The van der Waals surface area contributed by atoms with Crippen LogP contribution < -0.4 is 4.74 Å². The SMILES string of the molecule is CCOCCN1CCN(CCCOc2ccc(F)cc2)C[C@@H]1C. The average Bonchev–Trinajstić information content (AvgIpc) is 2.55. The molecule has 23 heavy (non-hydrogen) atoms. The molecule has 1 aliphatic heterocycles. The molecule has 1 atom stereocenters. The van der Waals surface area contributed by atoms with Gasteiger partial charge in [0.25, 0.3) is 0 Å². The zero-order valence-corrected chi connectivity index (χ0v) is 14.3. The van der Waals surface area contributed by atoms with E-state index in [4.69, 9.17) is 9.47 Å². The Hall–Kier alpha value is -1.17. The summed E-state index contributed by atoms with van der Waals surface area (Å²) in [6.45, 7) is 12.0. The van der Waals surface area contributed by atoms with E-state index >= 15 is 0 Å². The summed E-state index contributed by atoms with van der Waals surface area (Å²) < 4.78 is 23.9. The lowest BCUT2D eigenvalue weighted by Gasteiger charge is -2.39. The number of hydrogen-bond donors (Lipinski definition) is 0. The predicted molar refractivity (Wildman–Crippen MR) is 90.5 cm³/mol. The van der Waals surface area contributed by atoms with E-state index in [1.807, 2.05) is 6.92 Å². The molecule has 1 aromatic rings. The fourth-order valence-corrected chi connectivity index (χ4v) is 2.94. The second-order valence-corrected chi connectivity index (χ2v) is 6.04. The van der Waals surface area contributed by atoms with E-state index in [0.29, 0.717) is 12.6 Å². The van der Waals surface area contributed by atoms with Crippen molar-refractivity contribution in [3.63, 3.8) is 0 Å². The highest BCUT2D eigenvalue weighted by atomic mass is 19.1. The van der Waals surface area contributed by atoms with Crippen molar-refractivity contribution in [1.82, 2.24) is 9.80 Å². The third kappa shape index (κ3) is 6.45. The Bertz CT molecular complexity index is 441. The molecule has 1 saturated heterocycles. The fourth-order valence-electron chi connectivity index (χ4n) is 2.94. The van der Waals surface area contributed by atoms with Gasteiger partial charge in [-0.2, -0.15) is 0 Å². The number of halogens is 1. The molecular weight excluding hydrogens is 295 g/mol. The lowest BCUT2D eigenvalue weighted by atomic mass is 10.2. The van der Waals surface area contributed by atoms with Crippen LogP contribution in [0.1, 0.15) is 20.3 Å². The van der Waals surface area contributed by atoms with Gasteiger partial charge in [-0.05, 0) is 44.5 Å². The van der Waals surface area contributed by atoms with Crippen LogP contribution in [-0.4, -0.2) is 68.4 Å². The maximum absolute atomic E-state index is 12.8. The average molecular weight is 324 g/mol. The summed E-state index contributed by atoms with van der Waals surface area (Å²) in [6.07, 6.45) is 0.989. The third-order valence-corrected chi connectivity index (χ3v) is 4.28. The zero-order valence-electron chi connectivity index (χ0n) is 14.3. The van der Waals surface area contributed by atoms with Crippen LogP contribution in [0, 0.1) is 5.82 Å². The number of benzene rings is 1. The predicted octanol–water partition coefficient (Wildman–Crippen LogP) is 2.64. The van der Waals surface area contributed by atoms with Gasteiger partial charge >= 0.3 is 0 Å². The van der Waals surface area contributed by atoms with E-state index in [0.717, 1.165) is 58.1 Å². The second kappa shape index (κ2) is 9.85. The summed E-state index contributed by atoms with van der Waals surface area (Å²) in [5.41, 5.74) is 0. The van der Waals surface area contributed by atoms with Crippen molar-refractivity contribution in [2.75, 3.05) is 52.5 Å². The van der Waals surface area contributed by atoms with Gasteiger partial charge in [0.1, 0.15) is 11.6 Å². The Labute approximate surface area is 139 Å². The van der Waals surface area contributed by atoms with Gasteiger partial charge < -0.3 is 14.4 Å². The monoisotopic (exact) mass is 324 g/mol. The molecule has 0 bridgehead atoms. The number of rotatable bonds is 9. The lowest BCUT2D eigenvalue weighted by Crippen LogP contribution is -2.52. The fraction of sp³-hybridized carbons (Fsp3) is 0.667. The van der Waals surface area contributed by atoms with Gasteiger partial charge in [0.2, 0.25) is 0 Å². The number of nitrogens with zero attached hydrogens (tertiary/aromatic N) is 2. The summed E-state index contributed by atoms with van der Waals surface area (Å²) >= 11 is 0. The molecule has 4 nitrogen and oxygen atoms in total. The number of ether oxygens (including phenoxy) is 2. The molecule has 0 spiro atoms. The van der Waals surface area contributed by atoms with Crippen molar-refractivity contribution in [1.29, 1.82) is 0 Å². The van der Waals surface area contributed by atoms with Crippen LogP contribution in [0.3, 0.4) is 0 Å². The molecule has 1 fully saturated rings. The molecule has 1 aromatic carbocycles. The van der Waals surface area contributed by atoms with Gasteiger partial charge in [-0.25, -0.2) is 4.39 Å². The minimum absolute atomic E-state index is 0.228. The zero-order chi connectivity index (χ0) is 16.5. The number of hydrogen-bond acceptors (Lipinski definition) is 4. The molecule has 0 radical (unpaired) electrons. The summed E-state index contributed by atoms with van der Waals surface area (Å²) in [5, 5.41) is 0. The second-order valence-electron chi connectivity index (χ2n) is 6.04. The standard InChI is InChI=1S/C18H29FN2O2/c1-3-22-14-12-21-11-10-20(15-16(21)2)9-4-13-23-18-7-5-17(19)6-8-18/h5-8,16H,3-4,9-15H2,1-2H3/t16-/m0/s1. The van der Waals surface area contributed by atoms with Crippen molar-refractivity contribution >= 4 is 0 Å². The van der Waals surface area contributed by atoms with Crippen molar-refractivity contribution in [3.8, 4) is 5.75 Å². The summed E-state index contributed by atoms with van der Waals surface area (Å²) in [7, 11) is 0. The van der Waals surface area contributed by atoms with E-state index in [1.165, 1.54) is 12.1 Å². The Morgan fingerprint density at radius 3 is 2.61 bits per heavy atom. The van der Waals surface area contributed by atoms with E-state index in [2.05, 4.69) is 16.7 Å². The van der Waals surface area contributed by atoms with Gasteiger partial charge in [-0.1, -0.05) is 0 Å². The summed E-state index contributed by atoms with van der Waals surface area (Å²) in [6, 6.07) is 6.78. The Morgan fingerprint density at radius 1 is 1.13 bits per heavy atom. The van der Waals surface area contributed by atoms with Crippen LogP contribution in [0.25, 0.3) is 0 Å². The molecule has 0 aliphatic carbocycles. The van der Waals surface area contributed by atoms with Gasteiger partial charge in [0.15, 0.2) is 0 Å². The minimum atomic E-state index is -0.228. The van der Waals surface area contributed by atoms with Gasteiger partial charge in [0, 0.05) is 45.4 Å². The highest BCUT2D eigenvalue weighted by Crippen LogP contribution is 2.12. The van der Waals surface area contributed by atoms with E-state index in [-0.39, 0.29) is 5.82 Å².